The van der Waals surface area contributed by atoms with Gasteiger partial charge in [0.05, 0.1) is 40.2 Å². The fourth-order valence-corrected chi connectivity index (χ4v) is 13.5. The lowest BCUT2D eigenvalue weighted by Crippen LogP contribution is -2.54. The van der Waals surface area contributed by atoms with E-state index in [4.69, 9.17) is 19.2 Å². The standard InChI is InChI=1S/C54H66N8O9S/c1-34(2)40-7-4-5-8-41(40)44-9-6-20-61(44)38-31-54(32-38)17-21-59(22-18-54)37-10-11-42(46(28-37)71-48-27-36-14-19-55-50(36)57-51(48)60-23-25-69-26-24-60)52(63)58-72(67,68)39-29-45(62(65)66)49-47(30-39)70-33-43(56-49)35-12-15-53(3,64)16-13-35/h4-5,7-8,10-11,14,19,27-30,34-35,38,43-44,56,64H,6,9,12-13,15-18,20-26,31-33H2,1-3H3,(H,55,57)(H,58,63)/t35?,43-,44-,53?/m1/s1. The van der Waals surface area contributed by atoms with E-state index in [-0.39, 0.29) is 46.7 Å². The number of carbonyl (C=O) groups is 1. The van der Waals surface area contributed by atoms with Gasteiger partial charge in [0.25, 0.3) is 21.6 Å². The van der Waals surface area contributed by atoms with Gasteiger partial charge in [-0.05, 0) is 130 Å². The molecule has 4 aliphatic heterocycles. The molecule has 382 valence electrons. The largest absolute Gasteiger partial charge is 0.489 e. The number of aliphatic hydroxyl groups is 1. The highest BCUT2D eigenvalue weighted by molar-refractivity contribution is 7.90. The summed E-state index contributed by atoms with van der Waals surface area (Å²) < 4.78 is 49.1. The molecule has 1 spiro atoms. The second-order valence-corrected chi connectivity index (χ2v) is 23.4. The molecule has 3 aromatic carbocycles. The van der Waals surface area contributed by atoms with Gasteiger partial charge in [-0.3, -0.25) is 19.8 Å². The highest BCUT2D eigenvalue weighted by atomic mass is 32.2. The summed E-state index contributed by atoms with van der Waals surface area (Å²) in [6.07, 6.45) is 11.3. The molecule has 6 heterocycles. The maximum absolute atomic E-state index is 14.5. The predicted octanol–water partition coefficient (Wildman–Crippen LogP) is 9.04. The van der Waals surface area contributed by atoms with E-state index >= 15 is 0 Å². The molecule has 2 aromatic heterocycles. The molecule has 3 saturated heterocycles. The Hall–Kier alpha value is -5.95. The number of hydrogen-bond donors (Lipinski definition) is 4. The van der Waals surface area contributed by atoms with Crippen LogP contribution in [0.15, 0.2) is 77.8 Å². The lowest BCUT2D eigenvalue weighted by Gasteiger charge is -2.56. The predicted molar refractivity (Wildman–Crippen MR) is 275 cm³/mol. The quantitative estimate of drug-likeness (QED) is 0.0680. The number of sulfonamides is 1. The van der Waals surface area contributed by atoms with Crippen molar-refractivity contribution >= 4 is 49.8 Å². The molecule has 4 N–H and O–H groups in total. The Morgan fingerprint density at radius 3 is 2.46 bits per heavy atom. The fourth-order valence-electron chi connectivity index (χ4n) is 12.5. The summed E-state index contributed by atoms with van der Waals surface area (Å²) in [5, 5.41) is 27.1. The second-order valence-electron chi connectivity index (χ2n) is 21.7. The van der Waals surface area contributed by atoms with E-state index in [0.717, 1.165) is 49.6 Å². The average Bonchev–Trinajstić information content (AvgIpc) is 4.05. The van der Waals surface area contributed by atoms with Gasteiger partial charge in [-0.25, -0.2) is 18.1 Å². The highest BCUT2D eigenvalue weighted by Gasteiger charge is 2.50. The number of piperidine rings is 1. The first kappa shape index (κ1) is 48.3. The summed E-state index contributed by atoms with van der Waals surface area (Å²) in [4.78, 5) is 41.1. The number of morpholine rings is 1. The monoisotopic (exact) mass is 1000 g/mol. The lowest BCUT2D eigenvalue weighted by atomic mass is 9.59. The molecular weight excluding hydrogens is 937 g/mol. The van der Waals surface area contributed by atoms with Crippen molar-refractivity contribution < 1.29 is 37.5 Å². The second kappa shape index (κ2) is 19.1. The zero-order chi connectivity index (χ0) is 49.9. The first-order valence-corrected chi connectivity index (χ1v) is 27.3. The number of pyridine rings is 1. The van der Waals surface area contributed by atoms with Gasteiger partial charge >= 0.3 is 0 Å². The van der Waals surface area contributed by atoms with Gasteiger partial charge in [0.2, 0.25) is 0 Å². The number of aromatic nitrogens is 2. The van der Waals surface area contributed by atoms with E-state index in [1.54, 1.807) is 12.3 Å². The third kappa shape index (κ3) is 9.46. The van der Waals surface area contributed by atoms with Crippen LogP contribution in [0.2, 0.25) is 0 Å². The fraction of sp³-hybridized carbons (Fsp3) is 0.519. The minimum absolute atomic E-state index is 0.00105. The van der Waals surface area contributed by atoms with Gasteiger partial charge in [0.15, 0.2) is 23.0 Å². The number of likely N-dealkylation sites (tertiary alicyclic amines) is 1. The van der Waals surface area contributed by atoms with Crippen molar-refractivity contribution in [3.63, 3.8) is 0 Å². The average molecular weight is 1000 g/mol. The SMILES string of the molecule is CC(C)c1ccccc1[C@H]1CCCN1C1CC2(CCN(c3ccc(C(=O)NS(=O)(=O)c4cc5c(c([N+](=O)[O-])c4)N[C@@H](C4CCC(C)(O)CC4)CO5)c(Oc4cc5cc[nH]c5nc4N4CCOCC4)c3)CC2)C1. The van der Waals surface area contributed by atoms with Crippen LogP contribution in [-0.4, -0.2) is 109 Å². The molecule has 72 heavy (non-hydrogen) atoms. The first-order chi connectivity index (χ1) is 34.6. The van der Waals surface area contributed by atoms with E-state index < -0.39 is 37.0 Å². The Morgan fingerprint density at radius 2 is 1.71 bits per heavy atom. The van der Waals surface area contributed by atoms with Crippen molar-refractivity contribution in [1.82, 2.24) is 19.6 Å². The van der Waals surface area contributed by atoms with Crippen LogP contribution in [0, 0.1) is 21.4 Å². The lowest BCUT2D eigenvalue weighted by molar-refractivity contribution is -0.384. The number of nitrogens with zero attached hydrogens (tertiary/aromatic N) is 5. The van der Waals surface area contributed by atoms with Crippen LogP contribution in [0.3, 0.4) is 0 Å². The van der Waals surface area contributed by atoms with Gasteiger partial charge in [0, 0.05) is 73.7 Å². The van der Waals surface area contributed by atoms with Crippen LogP contribution in [-0.2, 0) is 14.8 Å². The Kier molecular flexibility index (Phi) is 12.9. The molecule has 5 fully saturated rings. The molecular formula is C54H66N8O9S. The number of anilines is 3. The molecule has 11 rings (SSSR count). The van der Waals surface area contributed by atoms with Gasteiger partial charge in [-0.1, -0.05) is 38.1 Å². The number of benzene rings is 3. The number of nitrogens with one attached hydrogen (secondary N) is 3. The maximum Gasteiger partial charge on any atom is 0.297 e. The number of amides is 1. The van der Waals surface area contributed by atoms with Crippen LogP contribution in [0.1, 0.15) is 118 Å². The van der Waals surface area contributed by atoms with Crippen LogP contribution in [0.4, 0.5) is 22.9 Å². The molecule has 17 nitrogen and oxygen atoms in total. The van der Waals surface area contributed by atoms with Crippen molar-refractivity contribution in [2.24, 2.45) is 11.3 Å². The Bertz CT molecular complexity index is 2960. The Balaban J connectivity index is 0.847. The molecule has 5 aromatic rings. The number of nitro groups is 1. The molecule has 18 heteroatoms. The summed E-state index contributed by atoms with van der Waals surface area (Å²) in [6, 6.07) is 20.9. The number of carbonyl (C=O) groups excluding carboxylic acids is 1. The normalized spacial score (nSPS) is 24.7. The molecule has 0 bridgehead atoms. The molecule has 0 radical (unpaired) electrons. The van der Waals surface area contributed by atoms with Crippen molar-refractivity contribution in [1.29, 1.82) is 0 Å². The van der Waals surface area contributed by atoms with E-state index in [9.17, 15) is 28.4 Å². The van der Waals surface area contributed by atoms with Gasteiger partial charge in [-0.2, -0.15) is 0 Å². The van der Waals surface area contributed by atoms with E-state index in [1.807, 2.05) is 31.2 Å². The summed E-state index contributed by atoms with van der Waals surface area (Å²) >= 11 is 0. The summed E-state index contributed by atoms with van der Waals surface area (Å²) in [7, 11) is -4.70. The van der Waals surface area contributed by atoms with Crippen LogP contribution in [0.5, 0.6) is 17.2 Å². The number of rotatable bonds is 12. The van der Waals surface area contributed by atoms with Gasteiger partial charge in [-0.15, -0.1) is 0 Å². The number of fused-ring (bicyclic) bond motifs is 2. The van der Waals surface area contributed by atoms with Crippen LogP contribution in [0.25, 0.3) is 11.0 Å². The molecule has 2 aliphatic carbocycles. The summed E-state index contributed by atoms with van der Waals surface area (Å²) in [5.41, 5.74) is 3.53. The molecule has 6 aliphatic rings. The topological polar surface area (TPSA) is 205 Å². The van der Waals surface area contributed by atoms with Crippen LogP contribution >= 0.6 is 0 Å². The molecule has 1 amide bonds. The molecule has 2 atom stereocenters. The first-order valence-electron chi connectivity index (χ1n) is 25.9. The van der Waals surface area contributed by atoms with Crippen molar-refractivity contribution in [2.45, 2.75) is 120 Å². The number of hydrogen-bond acceptors (Lipinski definition) is 14. The Labute approximate surface area is 420 Å². The third-order valence-electron chi connectivity index (χ3n) is 16.7. The molecule has 0 unspecified atom stereocenters. The van der Waals surface area contributed by atoms with Gasteiger partial charge in [0.1, 0.15) is 18.0 Å². The zero-order valence-corrected chi connectivity index (χ0v) is 42.2. The molecule has 2 saturated carbocycles. The summed E-state index contributed by atoms with van der Waals surface area (Å²) in [6.45, 7) is 11.5. The van der Waals surface area contributed by atoms with E-state index in [2.05, 4.69) is 67.8 Å². The zero-order valence-electron chi connectivity index (χ0n) is 41.4. The minimum atomic E-state index is -4.70. The Morgan fingerprint density at radius 1 is 0.944 bits per heavy atom. The maximum atomic E-state index is 14.5. The summed E-state index contributed by atoms with van der Waals surface area (Å²) in [5.74, 6) is 0.691. The van der Waals surface area contributed by atoms with Crippen LogP contribution < -0.4 is 29.3 Å². The van der Waals surface area contributed by atoms with Crippen molar-refractivity contribution in [3.8, 4) is 17.2 Å². The van der Waals surface area contributed by atoms with E-state index in [0.29, 0.717) is 87.2 Å². The van der Waals surface area contributed by atoms with Crippen molar-refractivity contribution in [2.75, 3.05) is 67.7 Å². The van der Waals surface area contributed by atoms with Crippen molar-refractivity contribution in [3.05, 3.63) is 99.7 Å². The number of nitro benzene ring substituents is 1. The van der Waals surface area contributed by atoms with E-state index in [1.165, 1.54) is 42.9 Å². The number of aromatic amines is 1. The minimum Gasteiger partial charge on any atom is -0.489 e. The van der Waals surface area contributed by atoms with Gasteiger partial charge < -0.3 is 39.4 Å². The smallest absolute Gasteiger partial charge is 0.297 e. The third-order valence-corrected chi connectivity index (χ3v) is 18.0. The number of ether oxygens (including phenoxy) is 3. The highest BCUT2D eigenvalue weighted by Crippen LogP contribution is 2.54. The number of H-pyrrole nitrogens is 1.